The topological polar surface area (TPSA) is 79.4 Å². The number of rotatable bonds is 3. The van der Waals surface area contributed by atoms with Crippen LogP contribution in [-0.2, 0) is 0 Å². The van der Waals surface area contributed by atoms with E-state index in [9.17, 15) is 5.11 Å². The highest BCUT2D eigenvalue weighted by Gasteiger charge is 2.21. The number of imidazole rings is 1. The van der Waals surface area contributed by atoms with Crippen LogP contribution >= 0.6 is 11.6 Å². The van der Waals surface area contributed by atoms with Crippen LogP contribution in [0.1, 0.15) is 12.5 Å². The van der Waals surface area contributed by atoms with Crippen molar-refractivity contribution in [2.24, 2.45) is 4.99 Å². The number of fused-ring (bicyclic) bond motifs is 1. The molecule has 1 aliphatic carbocycles. The predicted octanol–water partition coefficient (Wildman–Crippen LogP) is 1.56. The summed E-state index contributed by atoms with van der Waals surface area (Å²) in [4.78, 5) is 18.7. The average Bonchev–Trinajstić information content (AvgIpc) is 3.02. The number of aromatic nitrogens is 4. The number of nitrogens with zero attached hydrogens (tertiary/aromatic N) is 6. The van der Waals surface area contributed by atoms with Crippen LogP contribution in [0.2, 0.25) is 5.15 Å². The molecule has 21 heavy (non-hydrogen) atoms. The van der Waals surface area contributed by atoms with Gasteiger partial charge in [-0.1, -0.05) is 23.8 Å². The smallest absolute Gasteiger partial charge is 0.254 e. The molecule has 0 unspecified atom stereocenters. The lowest BCUT2D eigenvalue weighted by Crippen LogP contribution is -2.08. The summed E-state index contributed by atoms with van der Waals surface area (Å²) in [6, 6.07) is 0.0154. The van der Waals surface area contributed by atoms with Crippen LogP contribution in [0.15, 0.2) is 23.5 Å². The molecule has 1 N–H and O–H groups in total. The van der Waals surface area contributed by atoms with Crippen LogP contribution in [-0.4, -0.2) is 56.1 Å². The van der Waals surface area contributed by atoms with Crippen LogP contribution in [0.3, 0.4) is 0 Å². The van der Waals surface area contributed by atoms with E-state index in [0.29, 0.717) is 17.6 Å². The Hall–Kier alpha value is -1.99. The van der Waals surface area contributed by atoms with Gasteiger partial charge in [-0.05, 0) is 0 Å². The molecule has 0 aliphatic heterocycles. The minimum Gasteiger partial charge on any atom is -0.389 e. The number of hydrogen-bond donors (Lipinski definition) is 1. The molecule has 110 valence electrons. The summed E-state index contributed by atoms with van der Waals surface area (Å²) in [6.07, 6.45) is 7.14. The largest absolute Gasteiger partial charge is 0.389 e. The van der Waals surface area contributed by atoms with Crippen LogP contribution in [0.25, 0.3) is 11.2 Å². The fourth-order valence-electron chi connectivity index (χ4n) is 2.21. The molecule has 0 fully saturated rings. The van der Waals surface area contributed by atoms with E-state index in [2.05, 4.69) is 19.9 Å². The molecule has 0 amide bonds. The zero-order valence-corrected chi connectivity index (χ0v) is 12.4. The third-order valence-corrected chi connectivity index (χ3v) is 3.43. The van der Waals surface area contributed by atoms with Crippen molar-refractivity contribution in [2.75, 3.05) is 14.1 Å². The van der Waals surface area contributed by atoms with E-state index in [4.69, 9.17) is 11.6 Å². The lowest BCUT2D eigenvalue weighted by Gasteiger charge is -2.11. The number of aliphatic imine (C=N–C) groups is 1. The maximum Gasteiger partial charge on any atom is 0.254 e. The highest BCUT2D eigenvalue weighted by molar-refractivity contribution is 6.33. The van der Waals surface area contributed by atoms with E-state index >= 15 is 0 Å². The normalized spacial score (nSPS) is 21.7. The average molecular weight is 307 g/mol. The standard InChI is InChI=1S/C13H15ClN6O/c1-19(2)6-16-13-17-11(14)10-12(18-13)20(7-15-10)8-3-4-9(21)5-8/h3-4,6-9,21H,5H2,1-2H3/b16-6+/t8-,9+/m0/s1. The maximum atomic E-state index is 9.62. The van der Waals surface area contributed by atoms with Crippen molar-refractivity contribution in [3.63, 3.8) is 0 Å². The Kier molecular flexibility index (Phi) is 3.60. The van der Waals surface area contributed by atoms with Crippen molar-refractivity contribution in [1.29, 1.82) is 0 Å². The van der Waals surface area contributed by atoms with Gasteiger partial charge >= 0.3 is 0 Å². The zero-order chi connectivity index (χ0) is 15.0. The molecule has 8 heteroatoms. The molecule has 0 spiro atoms. The van der Waals surface area contributed by atoms with Gasteiger partial charge in [0.05, 0.1) is 24.8 Å². The minimum absolute atomic E-state index is 0.0154. The quantitative estimate of drug-likeness (QED) is 0.403. The monoisotopic (exact) mass is 306 g/mol. The first-order valence-corrected chi connectivity index (χ1v) is 6.89. The third kappa shape index (κ3) is 2.74. The van der Waals surface area contributed by atoms with Gasteiger partial charge in [0, 0.05) is 20.5 Å². The highest BCUT2D eigenvalue weighted by atomic mass is 35.5. The number of hydrogen-bond acceptors (Lipinski definition) is 5. The summed E-state index contributed by atoms with van der Waals surface area (Å²) < 4.78 is 1.88. The molecular weight excluding hydrogens is 292 g/mol. The van der Waals surface area contributed by atoms with Gasteiger partial charge in [-0.25, -0.2) is 9.98 Å². The molecular formula is C13H15ClN6O. The maximum absolute atomic E-state index is 9.62. The molecule has 1 aliphatic rings. The van der Waals surface area contributed by atoms with Gasteiger partial charge in [-0.2, -0.15) is 9.97 Å². The molecule has 2 aromatic heterocycles. The number of halogens is 1. The summed E-state index contributed by atoms with van der Waals surface area (Å²) in [5.74, 6) is 0.283. The fourth-order valence-corrected chi connectivity index (χ4v) is 2.42. The molecule has 3 rings (SSSR count). The van der Waals surface area contributed by atoms with Gasteiger partial charge in [0.25, 0.3) is 5.95 Å². The predicted molar refractivity (Wildman–Crippen MR) is 81.0 cm³/mol. The summed E-state index contributed by atoms with van der Waals surface area (Å²) in [6.45, 7) is 0. The second kappa shape index (κ2) is 5.42. The Balaban J connectivity index is 2.05. The molecule has 0 saturated heterocycles. The van der Waals surface area contributed by atoms with Crippen molar-refractivity contribution in [3.8, 4) is 0 Å². The third-order valence-electron chi connectivity index (χ3n) is 3.17. The Labute approximate surface area is 126 Å². The lowest BCUT2D eigenvalue weighted by molar-refractivity contribution is 0.211. The van der Waals surface area contributed by atoms with Crippen molar-refractivity contribution in [3.05, 3.63) is 23.6 Å². The van der Waals surface area contributed by atoms with Gasteiger partial charge in [-0.3, -0.25) is 0 Å². The highest BCUT2D eigenvalue weighted by Crippen LogP contribution is 2.29. The van der Waals surface area contributed by atoms with Gasteiger partial charge in [0.15, 0.2) is 10.8 Å². The van der Waals surface area contributed by atoms with Crippen molar-refractivity contribution in [1.82, 2.24) is 24.4 Å². The Bertz CT molecular complexity index is 723. The second-order valence-corrected chi connectivity index (χ2v) is 5.46. The molecule has 0 saturated carbocycles. The molecule has 2 heterocycles. The number of aliphatic hydroxyl groups is 1. The molecule has 0 bridgehead atoms. The summed E-state index contributed by atoms with van der Waals surface area (Å²) in [5.41, 5.74) is 1.15. The minimum atomic E-state index is -0.434. The Morgan fingerprint density at radius 2 is 2.24 bits per heavy atom. The Morgan fingerprint density at radius 1 is 1.43 bits per heavy atom. The van der Waals surface area contributed by atoms with E-state index in [1.165, 1.54) is 0 Å². The first-order chi connectivity index (χ1) is 10.0. The lowest BCUT2D eigenvalue weighted by atomic mass is 10.2. The Morgan fingerprint density at radius 3 is 2.90 bits per heavy atom. The second-order valence-electron chi connectivity index (χ2n) is 5.10. The molecule has 2 atom stereocenters. The van der Waals surface area contributed by atoms with Gasteiger partial charge in [-0.15, -0.1) is 0 Å². The van der Waals surface area contributed by atoms with Crippen LogP contribution < -0.4 is 0 Å². The number of allylic oxidation sites excluding steroid dienone is 1. The number of aliphatic hydroxyl groups excluding tert-OH is 1. The van der Waals surface area contributed by atoms with Crippen LogP contribution in [0.5, 0.6) is 0 Å². The molecule has 0 aromatic carbocycles. The van der Waals surface area contributed by atoms with E-state index in [-0.39, 0.29) is 17.1 Å². The van der Waals surface area contributed by atoms with E-state index in [0.717, 1.165) is 0 Å². The van der Waals surface area contributed by atoms with Gasteiger partial charge in [0.1, 0.15) is 5.52 Å². The molecule has 2 aromatic rings. The first kappa shape index (κ1) is 14.0. The van der Waals surface area contributed by atoms with E-state index in [1.807, 2.05) is 24.7 Å². The summed E-state index contributed by atoms with van der Waals surface area (Å²) in [7, 11) is 3.72. The fraction of sp³-hybridized carbons (Fsp3) is 0.385. The molecule has 7 nitrogen and oxygen atoms in total. The van der Waals surface area contributed by atoms with Crippen molar-refractivity contribution >= 4 is 35.1 Å². The zero-order valence-electron chi connectivity index (χ0n) is 11.7. The first-order valence-electron chi connectivity index (χ1n) is 6.51. The van der Waals surface area contributed by atoms with Crippen molar-refractivity contribution in [2.45, 2.75) is 18.6 Å². The van der Waals surface area contributed by atoms with Gasteiger partial charge < -0.3 is 14.6 Å². The van der Waals surface area contributed by atoms with Gasteiger partial charge in [0.2, 0.25) is 0 Å². The van der Waals surface area contributed by atoms with Crippen LogP contribution in [0, 0.1) is 0 Å². The molecule has 0 radical (unpaired) electrons. The SMILES string of the molecule is CN(C)/C=N/c1nc(Cl)c2ncn([C@H]3C=C[C@@H](O)C3)c2n1. The van der Waals surface area contributed by atoms with Crippen molar-refractivity contribution < 1.29 is 5.11 Å². The van der Waals surface area contributed by atoms with Crippen LogP contribution in [0.4, 0.5) is 5.95 Å². The summed E-state index contributed by atoms with van der Waals surface area (Å²) in [5, 5.41) is 9.89. The van der Waals surface area contributed by atoms with E-state index in [1.54, 1.807) is 23.6 Å². The summed E-state index contributed by atoms with van der Waals surface area (Å²) >= 11 is 6.14. The van der Waals surface area contributed by atoms with E-state index < -0.39 is 6.10 Å².